The number of aryl methyl sites for hydroxylation is 1. The summed E-state index contributed by atoms with van der Waals surface area (Å²) < 4.78 is 11.4. The molecule has 1 N–H and O–H groups in total. The van der Waals surface area contributed by atoms with Crippen LogP contribution >= 0.6 is 0 Å². The lowest BCUT2D eigenvalue weighted by atomic mass is 10.0. The van der Waals surface area contributed by atoms with Gasteiger partial charge in [0.1, 0.15) is 5.56 Å². The molecule has 0 radical (unpaired) electrons. The Bertz CT molecular complexity index is 1130. The molecule has 0 aliphatic rings. The second-order valence-electron chi connectivity index (χ2n) is 7.54. The predicted octanol–water partition coefficient (Wildman–Crippen LogP) is 3.70. The van der Waals surface area contributed by atoms with Crippen LogP contribution in [-0.4, -0.2) is 41.3 Å². The molecule has 2 aromatic carbocycles. The van der Waals surface area contributed by atoms with Crippen LogP contribution in [0.4, 0.5) is 0 Å². The van der Waals surface area contributed by atoms with Gasteiger partial charge < -0.3 is 14.8 Å². The Labute approximate surface area is 192 Å². The van der Waals surface area contributed by atoms with Crippen molar-refractivity contribution in [2.24, 2.45) is 0 Å². The molecular weight excluding hydrogens is 422 g/mol. The highest BCUT2D eigenvalue weighted by atomic mass is 16.5. The molecule has 1 aromatic heterocycles. The highest BCUT2D eigenvalue weighted by Crippen LogP contribution is 2.20. The van der Waals surface area contributed by atoms with Crippen molar-refractivity contribution in [3.8, 4) is 5.69 Å². The number of methoxy groups -OCH3 is 1. The van der Waals surface area contributed by atoms with Crippen LogP contribution in [0.2, 0.25) is 0 Å². The number of aromatic nitrogens is 2. The van der Waals surface area contributed by atoms with Gasteiger partial charge in [0, 0.05) is 5.56 Å². The van der Waals surface area contributed by atoms with Gasteiger partial charge in [-0.15, -0.1) is 0 Å². The maximum absolute atomic E-state index is 12.9. The van der Waals surface area contributed by atoms with Gasteiger partial charge in [-0.25, -0.2) is 9.48 Å². The van der Waals surface area contributed by atoms with Gasteiger partial charge in [-0.1, -0.05) is 29.8 Å². The molecule has 0 aliphatic heterocycles. The Morgan fingerprint density at radius 2 is 1.70 bits per heavy atom. The van der Waals surface area contributed by atoms with E-state index in [9.17, 15) is 14.4 Å². The number of ether oxygens (including phenoxy) is 2. The van der Waals surface area contributed by atoms with Crippen LogP contribution in [0.1, 0.15) is 56.9 Å². The van der Waals surface area contributed by atoms with E-state index in [1.54, 1.807) is 42.8 Å². The molecule has 172 valence electrons. The van der Waals surface area contributed by atoms with Gasteiger partial charge in [0.05, 0.1) is 43.8 Å². The minimum absolute atomic E-state index is 0.0203. The summed E-state index contributed by atoms with van der Waals surface area (Å²) in [7, 11) is 1.32. The van der Waals surface area contributed by atoms with Gasteiger partial charge in [-0.05, 0) is 50.6 Å². The number of esters is 2. The van der Waals surface area contributed by atoms with E-state index in [1.165, 1.54) is 13.3 Å². The number of carbonyl (C=O) groups excluding carboxylic acids is 3. The summed E-state index contributed by atoms with van der Waals surface area (Å²) in [5.74, 6) is -1.16. The number of benzene rings is 2. The fourth-order valence-electron chi connectivity index (χ4n) is 3.38. The van der Waals surface area contributed by atoms with Crippen molar-refractivity contribution >= 4 is 17.8 Å². The monoisotopic (exact) mass is 449 g/mol. The molecule has 0 saturated heterocycles. The lowest BCUT2D eigenvalue weighted by Crippen LogP contribution is -2.30. The van der Waals surface area contributed by atoms with E-state index >= 15 is 0 Å². The molecule has 33 heavy (non-hydrogen) atoms. The average molecular weight is 450 g/mol. The van der Waals surface area contributed by atoms with E-state index < -0.39 is 18.0 Å². The van der Waals surface area contributed by atoms with E-state index in [1.807, 2.05) is 31.2 Å². The van der Waals surface area contributed by atoms with Gasteiger partial charge in [-0.2, -0.15) is 5.10 Å². The fraction of sp³-hybridized carbons (Fsp3) is 0.280. The molecule has 0 bridgehead atoms. The van der Waals surface area contributed by atoms with Crippen molar-refractivity contribution in [2.45, 2.75) is 33.2 Å². The fourth-order valence-corrected chi connectivity index (χ4v) is 3.38. The van der Waals surface area contributed by atoms with Crippen molar-refractivity contribution in [3.05, 3.63) is 82.7 Å². The molecule has 0 spiro atoms. The molecule has 3 aromatic rings. The first-order chi connectivity index (χ1) is 15.8. The Morgan fingerprint density at radius 1 is 1.03 bits per heavy atom. The van der Waals surface area contributed by atoms with Gasteiger partial charge in [-0.3, -0.25) is 9.59 Å². The summed E-state index contributed by atoms with van der Waals surface area (Å²) in [6, 6.07) is 13.9. The minimum Gasteiger partial charge on any atom is -0.469 e. The van der Waals surface area contributed by atoms with Crippen LogP contribution in [0.25, 0.3) is 5.69 Å². The van der Waals surface area contributed by atoms with Crippen molar-refractivity contribution in [2.75, 3.05) is 13.7 Å². The number of carbonyl (C=O) groups is 3. The topological polar surface area (TPSA) is 99.5 Å². The summed E-state index contributed by atoms with van der Waals surface area (Å²) in [5.41, 5.74) is 4.05. The van der Waals surface area contributed by atoms with Crippen LogP contribution in [0.15, 0.2) is 54.7 Å². The Kier molecular flexibility index (Phi) is 7.61. The lowest BCUT2D eigenvalue weighted by Gasteiger charge is -2.18. The second-order valence-corrected chi connectivity index (χ2v) is 7.54. The molecule has 0 aliphatic carbocycles. The van der Waals surface area contributed by atoms with Gasteiger partial charge in [0.2, 0.25) is 0 Å². The van der Waals surface area contributed by atoms with Crippen LogP contribution < -0.4 is 5.32 Å². The summed E-state index contributed by atoms with van der Waals surface area (Å²) in [5, 5.41) is 7.18. The maximum Gasteiger partial charge on any atom is 0.341 e. The normalized spacial score (nSPS) is 11.5. The molecule has 8 nitrogen and oxygen atoms in total. The number of nitrogens with one attached hydrogen (secondary N) is 1. The Morgan fingerprint density at radius 3 is 2.30 bits per heavy atom. The summed E-state index contributed by atoms with van der Waals surface area (Å²) in [6.07, 6.45) is 1.49. The van der Waals surface area contributed by atoms with E-state index in [0.717, 1.165) is 11.1 Å². The standard InChI is InChI=1S/C25H27N3O5/c1-5-33-25(31)21-15-26-28(17(21)3)20-12-10-19(11-13-20)24(30)27-22(14-23(29)32-4)18-8-6-16(2)7-9-18/h6-13,15,22H,5,14H2,1-4H3,(H,27,30). The molecular formula is C25H27N3O5. The molecule has 1 unspecified atom stereocenters. The van der Waals surface area contributed by atoms with Gasteiger partial charge >= 0.3 is 11.9 Å². The minimum atomic E-state index is -0.522. The maximum atomic E-state index is 12.9. The smallest absolute Gasteiger partial charge is 0.341 e. The zero-order valence-corrected chi connectivity index (χ0v) is 19.1. The van der Waals surface area contributed by atoms with E-state index in [4.69, 9.17) is 9.47 Å². The third kappa shape index (κ3) is 5.65. The summed E-state index contributed by atoms with van der Waals surface area (Å²) >= 11 is 0. The first-order valence-corrected chi connectivity index (χ1v) is 10.6. The average Bonchev–Trinajstić information content (AvgIpc) is 3.20. The molecule has 8 heteroatoms. The Balaban J connectivity index is 1.78. The number of nitrogens with zero attached hydrogens (tertiary/aromatic N) is 2. The van der Waals surface area contributed by atoms with E-state index in [-0.39, 0.29) is 18.9 Å². The van der Waals surface area contributed by atoms with Crippen LogP contribution in [-0.2, 0) is 14.3 Å². The highest BCUT2D eigenvalue weighted by molar-refractivity contribution is 5.95. The van der Waals surface area contributed by atoms with Crippen molar-refractivity contribution in [1.82, 2.24) is 15.1 Å². The molecule has 0 saturated carbocycles. The second kappa shape index (κ2) is 10.6. The molecule has 3 rings (SSSR count). The van der Waals surface area contributed by atoms with E-state index in [2.05, 4.69) is 10.4 Å². The van der Waals surface area contributed by atoms with E-state index in [0.29, 0.717) is 22.5 Å². The summed E-state index contributed by atoms with van der Waals surface area (Å²) in [6.45, 7) is 5.78. The third-order valence-electron chi connectivity index (χ3n) is 5.26. The van der Waals surface area contributed by atoms with Crippen LogP contribution in [0, 0.1) is 13.8 Å². The van der Waals surface area contributed by atoms with Crippen molar-refractivity contribution < 1.29 is 23.9 Å². The number of hydrogen-bond donors (Lipinski definition) is 1. The highest BCUT2D eigenvalue weighted by Gasteiger charge is 2.20. The SMILES string of the molecule is CCOC(=O)c1cnn(-c2ccc(C(=O)NC(CC(=O)OC)c3ccc(C)cc3)cc2)c1C. The first kappa shape index (κ1) is 23.7. The van der Waals surface area contributed by atoms with Gasteiger partial charge in [0.25, 0.3) is 5.91 Å². The first-order valence-electron chi connectivity index (χ1n) is 10.6. The molecule has 1 atom stereocenters. The van der Waals surface area contributed by atoms with Crippen LogP contribution in [0.3, 0.4) is 0 Å². The molecule has 1 amide bonds. The Hall–Kier alpha value is -3.94. The zero-order valence-electron chi connectivity index (χ0n) is 19.1. The largest absolute Gasteiger partial charge is 0.469 e. The van der Waals surface area contributed by atoms with Crippen molar-refractivity contribution in [1.29, 1.82) is 0 Å². The van der Waals surface area contributed by atoms with Crippen molar-refractivity contribution in [3.63, 3.8) is 0 Å². The lowest BCUT2D eigenvalue weighted by molar-refractivity contribution is -0.141. The number of hydrogen-bond acceptors (Lipinski definition) is 6. The van der Waals surface area contributed by atoms with Gasteiger partial charge in [0.15, 0.2) is 0 Å². The number of rotatable bonds is 8. The van der Waals surface area contributed by atoms with Crippen LogP contribution in [0.5, 0.6) is 0 Å². The molecule has 1 heterocycles. The molecule has 0 fully saturated rings. The summed E-state index contributed by atoms with van der Waals surface area (Å²) in [4.78, 5) is 36.8. The number of amides is 1. The zero-order chi connectivity index (χ0) is 24.0. The predicted molar refractivity (Wildman–Crippen MR) is 122 cm³/mol. The third-order valence-corrected chi connectivity index (χ3v) is 5.26. The quantitative estimate of drug-likeness (QED) is 0.527.